The number of aliphatic hydroxyl groups is 1. The van der Waals surface area contributed by atoms with Crippen molar-refractivity contribution in [1.82, 2.24) is 4.90 Å². The summed E-state index contributed by atoms with van der Waals surface area (Å²) >= 11 is 7.58. The second kappa shape index (κ2) is 9.52. The second-order valence-corrected chi connectivity index (χ2v) is 7.90. The SMILES string of the molecule is CCOC(=O)c1c(-c2ccccc2Cl)csc1NC(=O)CN1CCC(O)CC1. The van der Waals surface area contributed by atoms with E-state index in [1.807, 2.05) is 23.1 Å². The summed E-state index contributed by atoms with van der Waals surface area (Å²) in [5.41, 5.74) is 1.68. The van der Waals surface area contributed by atoms with Gasteiger partial charge in [-0.2, -0.15) is 0 Å². The quantitative estimate of drug-likeness (QED) is 0.695. The highest BCUT2D eigenvalue weighted by Gasteiger charge is 2.25. The molecule has 1 aliphatic rings. The van der Waals surface area contributed by atoms with Crippen LogP contribution >= 0.6 is 22.9 Å². The molecular formula is C20H23ClN2O4S. The highest BCUT2D eigenvalue weighted by atomic mass is 35.5. The number of aliphatic hydroxyl groups excluding tert-OH is 1. The Balaban J connectivity index is 1.81. The molecule has 2 aromatic rings. The summed E-state index contributed by atoms with van der Waals surface area (Å²) < 4.78 is 5.21. The van der Waals surface area contributed by atoms with Gasteiger partial charge in [0.25, 0.3) is 0 Å². The van der Waals surface area contributed by atoms with Gasteiger partial charge in [0.1, 0.15) is 10.6 Å². The van der Waals surface area contributed by atoms with Crippen molar-refractivity contribution < 1.29 is 19.4 Å². The smallest absolute Gasteiger partial charge is 0.341 e. The van der Waals surface area contributed by atoms with E-state index in [2.05, 4.69) is 5.32 Å². The van der Waals surface area contributed by atoms with Gasteiger partial charge < -0.3 is 15.2 Å². The van der Waals surface area contributed by atoms with Crippen LogP contribution in [0.5, 0.6) is 0 Å². The molecule has 2 heterocycles. The van der Waals surface area contributed by atoms with Crippen LogP contribution in [0.1, 0.15) is 30.1 Å². The number of esters is 1. The first-order valence-electron chi connectivity index (χ1n) is 9.23. The van der Waals surface area contributed by atoms with Crippen LogP contribution in [0.4, 0.5) is 5.00 Å². The molecule has 0 bridgehead atoms. The molecule has 1 aromatic carbocycles. The molecule has 0 radical (unpaired) electrons. The maximum atomic E-state index is 12.6. The Kier molecular flexibility index (Phi) is 7.07. The number of hydrogen-bond donors (Lipinski definition) is 2. The van der Waals surface area contributed by atoms with E-state index < -0.39 is 5.97 Å². The van der Waals surface area contributed by atoms with Crippen LogP contribution in [-0.4, -0.2) is 54.2 Å². The largest absolute Gasteiger partial charge is 0.462 e. The van der Waals surface area contributed by atoms with Crippen LogP contribution < -0.4 is 5.32 Å². The van der Waals surface area contributed by atoms with Crippen molar-refractivity contribution in [2.75, 3.05) is 31.6 Å². The lowest BCUT2D eigenvalue weighted by Gasteiger charge is -2.28. The van der Waals surface area contributed by atoms with Gasteiger partial charge in [0.2, 0.25) is 5.91 Å². The third kappa shape index (κ3) is 4.91. The number of benzene rings is 1. The zero-order valence-corrected chi connectivity index (χ0v) is 17.2. The Morgan fingerprint density at radius 1 is 1.29 bits per heavy atom. The standard InChI is InChI=1S/C20H23ClN2O4S/c1-2-27-20(26)18-15(14-5-3-4-6-16(14)21)12-28-19(18)22-17(25)11-23-9-7-13(24)8-10-23/h3-6,12-13,24H,2,7-11H2,1H3,(H,22,25). The molecule has 3 rings (SSSR count). The Labute approximate surface area is 173 Å². The van der Waals surface area contributed by atoms with Crippen LogP contribution in [0.25, 0.3) is 11.1 Å². The van der Waals surface area contributed by atoms with Crippen molar-refractivity contribution in [3.05, 3.63) is 40.2 Å². The van der Waals surface area contributed by atoms with Gasteiger partial charge in [-0.1, -0.05) is 29.8 Å². The topological polar surface area (TPSA) is 78.9 Å². The normalized spacial score (nSPS) is 15.4. The predicted octanol–water partition coefficient (Wildman–Crippen LogP) is 3.64. The summed E-state index contributed by atoms with van der Waals surface area (Å²) in [6.07, 6.45) is 1.04. The number of hydrogen-bond acceptors (Lipinski definition) is 6. The average molecular weight is 423 g/mol. The first-order chi connectivity index (χ1) is 13.5. The molecule has 0 unspecified atom stereocenters. The predicted molar refractivity (Wildman–Crippen MR) is 111 cm³/mol. The lowest BCUT2D eigenvalue weighted by atomic mass is 10.0. The molecule has 8 heteroatoms. The number of amides is 1. The molecule has 6 nitrogen and oxygen atoms in total. The van der Waals surface area contributed by atoms with E-state index in [0.717, 1.165) is 0 Å². The highest BCUT2D eigenvalue weighted by molar-refractivity contribution is 7.15. The maximum absolute atomic E-state index is 12.6. The summed E-state index contributed by atoms with van der Waals surface area (Å²) in [4.78, 5) is 27.1. The lowest BCUT2D eigenvalue weighted by molar-refractivity contribution is -0.117. The van der Waals surface area contributed by atoms with Gasteiger partial charge in [0.15, 0.2) is 0 Å². The minimum atomic E-state index is -0.491. The molecule has 1 aliphatic heterocycles. The summed E-state index contributed by atoms with van der Waals surface area (Å²) in [5, 5.41) is 15.2. The van der Waals surface area contributed by atoms with Crippen molar-refractivity contribution in [3.63, 3.8) is 0 Å². The highest BCUT2D eigenvalue weighted by Crippen LogP contribution is 2.39. The van der Waals surface area contributed by atoms with Gasteiger partial charge in [-0.05, 0) is 25.8 Å². The van der Waals surface area contributed by atoms with Gasteiger partial charge in [0.05, 0.1) is 19.3 Å². The number of piperidine rings is 1. The van der Waals surface area contributed by atoms with E-state index in [1.165, 1.54) is 11.3 Å². The number of rotatable bonds is 6. The van der Waals surface area contributed by atoms with Crippen molar-refractivity contribution in [2.45, 2.75) is 25.9 Å². The molecule has 0 spiro atoms. The average Bonchev–Trinajstić information content (AvgIpc) is 3.07. The third-order valence-electron chi connectivity index (χ3n) is 4.61. The molecule has 28 heavy (non-hydrogen) atoms. The Bertz CT molecular complexity index is 846. The van der Waals surface area contributed by atoms with Crippen LogP contribution in [0, 0.1) is 0 Å². The molecule has 0 saturated carbocycles. The van der Waals surface area contributed by atoms with Crippen molar-refractivity contribution >= 4 is 39.8 Å². The van der Waals surface area contributed by atoms with Gasteiger partial charge in [-0.3, -0.25) is 9.69 Å². The molecule has 2 N–H and O–H groups in total. The minimum absolute atomic E-state index is 0.200. The number of carbonyl (C=O) groups is 2. The van der Waals surface area contributed by atoms with E-state index in [9.17, 15) is 14.7 Å². The molecular weight excluding hydrogens is 400 g/mol. The summed E-state index contributed by atoms with van der Waals surface area (Å²) in [6, 6.07) is 7.25. The number of nitrogens with zero attached hydrogens (tertiary/aromatic N) is 1. The molecule has 1 saturated heterocycles. The van der Waals surface area contributed by atoms with E-state index >= 15 is 0 Å². The number of thiophene rings is 1. The van der Waals surface area contributed by atoms with Gasteiger partial charge in [-0.25, -0.2) is 4.79 Å². The molecule has 0 aliphatic carbocycles. The Hall–Kier alpha value is -1.93. The Morgan fingerprint density at radius 3 is 2.68 bits per heavy atom. The number of nitrogens with one attached hydrogen (secondary N) is 1. The molecule has 1 fully saturated rings. The lowest BCUT2D eigenvalue weighted by Crippen LogP contribution is -2.40. The van der Waals surface area contributed by atoms with Crippen molar-refractivity contribution in [3.8, 4) is 11.1 Å². The molecule has 1 amide bonds. The molecule has 1 aromatic heterocycles. The molecule has 150 valence electrons. The van der Waals surface area contributed by atoms with Gasteiger partial charge >= 0.3 is 5.97 Å². The Morgan fingerprint density at radius 2 is 2.00 bits per heavy atom. The number of carbonyl (C=O) groups excluding carboxylic acids is 2. The number of halogens is 1. The van der Waals surface area contributed by atoms with Gasteiger partial charge in [0, 0.05) is 34.6 Å². The van der Waals surface area contributed by atoms with E-state index in [0.29, 0.717) is 52.6 Å². The summed E-state index contributed by atoms with van der Waals surface area (Å²) in [6.45, 7) is 3.54. The number of likely N-dealkylation sites (tertiary alicyclic amines) is 1. The fourth-order valence-corrected chi connectivity index (χ4v) is 4.38. The van der Waals surface area contributed by atoms with Crippen LogP contribution in [0.2, 0.25) is 5.02 Å². The van der Waals surface area contributed by atoms with E-state index in [-0.39, 0.29) is 25.2 Å². The van der Waals surface area contributed by atoms with E-state index in [4.69, 9.17) is 16.3 Å². The second-order valence-electron chi connectivity index (χ2n) is 6.61. The number of ether oxygens (including phenoxy) is 1. The first-order valence-corrected chi connectivity index (χ1v) is 10.5. The maximum Gasteiger partial charge on any atom is 0.341 e. The summed E-state index contributed by atoms with van der Waals surface area (Å²) in [7, 11) is 0. The first kappa shape index (κ1) is 20.8. The minimum Gasteiger partial charge on any atom is -0.462 e. The number of anilines is 1. The monoisotopic (exact) mass is 422 g/mol. The van der Waals surface area contributed by atoms with Gasteiger partial charge in [-0.15, -0.1) is 11.3 Å². The summed E-state index contributed by atoms with van der Waals surface area (Å²) in [5.74, 6) is -0.690. The zero-order chi connectivity index (χ0) is 20.1. The fourth-order valence-electron chi connectivity index (χ4n) is 3.18. The van der Waals surface area contributed by atoms with Crippen LogP contribution in [0.3, 0.4) is 0 Å². The van der Waals surface area contributed by atoms with Crippen LogP contribution in [-0.2, 0) is 9.53 Å². The fraction of sp³-hybridized carbons (Fsp3) is 0.400. The van der Waals surface area contributed by atoms with Crippen molar-refractivity contribution in [1.29, 1.82) is 0 Å². The molecule has 0 atom stereocenters. The third-order valence-corrected chi connectivity index (χ3v) is 5.84. The van der Waals surface area contributed by atoms with Crippen molar-refractivity contribution in [2.24, 2.45) is 0 Å². The van der Waals surface area contributed by atoms with Crippen LogP contribution in [0.15, 0.2) is 29.6 Å². The zero-order valence-electron chi connectivity index (χ0n) is 15.6. The van der Waals surface area contributed by atoms with E-state index in [1.54, 1.807) is 18.4 Å².